The van der Waals surface area contributed by atoms with Gasteiger partial charge in [0.25, 0.3) is 0 Å². The molecule has 1 aromatic carbocycles. The van der Waals surface area contributed by atoms with Gasteiger partial charge in [0.1, 0.15) is 5.75 Å². The molecule has 0 heterocycles. The number of unbranched alkanes of at least 4 members (excludes halogenated alkanes) is 1. The van der Waals surface area contributed by atoms with Crippen molar-refractivity contribution in [3.8, 4) is 5.75 Å². The average Bonchev–Trinajstić information content (AvgIpc) is 2.10. The molecule has 0 aliphatic carbocycles. The summed E-state index contributed by atoms with van der Waals surface area (Å²) in [5.74, 6) is 1.03. The molecule has 0 unspecified atom stereocenters. The number of hydrogen-bond acceptors (Lipinski definition) is 1. The molecule has 0 N–H and O–H groups in total. The van der Waals surface area contributed by atoms with Crippen LogP contribution in [-0.2, 0) is 0 Å². The van der Waals surface area contributed by atoms with E-state index in [9.17, 15) is 0 Å². The SMILES string of the molecule is CCCCOc1c(C)c[c]cc1C. The lowest BCUT2D eigenvalue weighted by Crippen LogP contribution is -1.99. The summed E-state index contributed by atoms with van der Waals surface area (Å²) in [6.45, 7) is 7.11. The van der Waals surface area contributed by atoms with Crippen LogP contribution in [0.1, 0.15) is 30.9 Å². The van der Waals surface area contributed by atoms with Crippen molar-refractivity contribution in [2.45, 2.75) is 33.6 Å². The molecule has 1 nitrogen and oxygen atoms in total. The van der Waals surface area contributed by atoms with E-state index in [1.54, 1.807) is 0 Å². The summed E-state index contributed by atoms with van der Waals surface area (Å²) in [5.41, 5.74) is 2.35. The molecule has 0 fully saturated rings. The van der Waals surface area contributed by atoms with Gasteiger partial charge in [0, 0.05) is 0 Å². The second kappa shape index (κ2) is 4.90. The van der Waals surface area contributed by atoms with Crippen molar-refractivity contribution in [1.29, 1.82) is 0 Å². The van der Waals surface area contributed by atoms with E-state index in [2.05, 4.69) is 26.8 Å². The maximum absolute atomic E-state index is 5.69. The zero-order valence-electron chi connectivity index (χ0n) is 8.68. The predicted molar refractivity (Wildman–Crippen MR) is 55.2 cm³/mol. The second-order valence-electron chi connectivity index (χ2n) is 3.35. The van der Waals surface area contributed by atoms with Crippen LogP contribution in [0.4, 0.5) is 0 Å². The molecule has 0 amide bonds. The third-order valence-corrected chi connectivity index (χ3v) is 2.06. The van der Waals surface area contributed by atoms with Gasteiger partial charge in [0.05, 0.1) is 6.61 Å². The van der Waals surface area contributed by atoms with Crippen molar-refractivity contribution in [2.24, 2.45) is 0 Å². The highest BCUT2D eigenvalue weighted by Crippen LogP contribution is 2.22. The molecular formula is C12H17O. The van der Waals surface area contributed by atoms with Gasteiger partial charge in [-0.05, 0) is 49.6 Å². The Labute approximate surface area is 80.7 Å². The van der Waals surface area contributed by atoms with Crippen molar-refractivity contribution in [2.75, 3.05) is 6.61 Å². The first kappa shape index (κ1) is 10.1. The Kier molecular flexibility index (Phi) is 3.81. The predicted octanol–water partition coefficient (Wildman–Crippen LogP) is 3.28. The molecule has 0 atom stereocenters. The van der Waals surface area contributed by atoms with Crippen LogP contribution in [0.2, 0.25) is 0 Å². The molecule has 1 aromatic rings. The van der Waals surface area contributed by atoms with Crippen molar-refractivity contribution in [3.63, 3.8) is 0 Å². The normalized spacial score (nSPS) is 10.1. The largest absolute Gasteiger partial charge is 0.493 e. The summed E-state index contributed by atoms with van der Waals surface area (Å²) in [4.78, 5) is 0. The van der Waals surface area contributed by atoms with Crippen LogP contribution < -0.4 is 4.74 Å². The summed E-state index contributed by atoms with van der Waals surface area (Å²) in [6.07, 6.45) is 2.30. The molecule has 1 heteroatoms. The summed E-state index contributed by atoms with van der Waals surface area (Å²) in [7, 11) is 0. The first-order valence-corrected chi connectivity index (χ1v) is 4.85. The van der Waals surface area contributed by atoms with Gasteiger partial charge in [-0.1, -0.05) is 13.3 Å². The van der Waals surface area contributed by atoms with Crippen LogP contribution in [0, 0.1) is 19.9 Å². The number of ether oxygens (including phenoxy) is 1. The molecule has 0 aliphatic rings. The highest BCUT2D eigenvalue weighted by Gasteiger charge is 2.01. The van der Waals surface area contributed by atoms with E-state index in [1.165, 1.54) is 17.5 Å². The van der Waals surface area contributed by atoms with Gasteiger partial charge in [0.2, 0.25) is 0 Å². The van der Waals surface area contributed by atoms with Gasteiger partial charge in [-0.3, -0.25) is 0 Å². The molecule has 0 bridgehead atoms. The Balaban J connectivity index is 2.64. The summed E-state index contributed by atoms with van der Waals surface area (Å²) in [5, 5.41) is 0. The molecule has 0 saturated heterocycles. The Bertz CT molecular complexity index is 246. The molecule has 1 radical (unpaired) electrons. The van der Waals surface area contributed by atoms with E-state index < -0.39 is 0 Å². The van der Waals surface area contributed by atoms with E-state index in [4.69, 9.17) is 4.74 Å². The summed E-state index contributed by atoms with van der Waals surface area (Å²) >= 11 is 0. The van der Waals surface area contributed by atoms with Gasteiger partial charge in [-0.25, -0.2) is 0 Å². The minimum atomic E-state index is 0.822. The van der Waals surface area contributed by atoms with E-state index in [0.717, 1.165) is 18.8 Å². The Morgan fingerprint density at radius 1 is 1.23 bits per heavy atom. The first-order chi connectivity index (χ1) is 6.25. The monoisotopic (exact) mass is 177 g/mol. The Hall–Kier alpha value is -0.980. The summed E-state index contributed by atoms with van der Waals surface area (Å²) in [6, 6.07) is 7.01. The zero-order chi connectivity index (χ0) is 9.68. The van der Waals surface area contributed by atoms with Crippen LogP contribution >= 0.6 is 0 Å². The lowest BCUT2D eigenvalue weighted by molar-refractivity contribution is 0.305. The van der Waals surface area contributed by atoms with E-state index >= 15 is 0 Å². The topological polar surface area (TPSA) is 9.23 Å². The zero-order valence-corrected chi connectivity index (χ0v) is 8.68. The average molecular weight is 177 g/mol. The fourth-order valence-electron chi connectivity index (χ4n) is 1.28. The third-order valence-electron chi connectivity index (χ3n) is 2.06. The van der Waals surface area contributed by atoms with Gasteiger partial charge in [0.15, 0.2) is 0 Å². The maximum Gasteiger partial charge on any atom is 0.125 e. The molecule has 71 valence electrons. The van der Waals surface area contributed by atoms with E-state index in [0.29, 0.717) is 0 Å². The van der Waals surface area contributed by atoms with Crippen molar-refractivity contribution < 1.29 is 4.74 Å². The molecule has 13 heavy (non-hydrogen) atoms. The smallest absolute Gasteiger partial charge is 0.125 e. The van der Waals surface area contributed by atoms with Gasteiger partial charge in [-0.2, -0.15) is 0 Å². The highest BCUT2D eigenvalue weighted by molar-refractivity contribution is 5.39. The molecule has 0 aliphatic heterocycles. The van der Waals surface area contributed by atoms with Gasteiger partial charge in [-0.15, -0.1) is 0 Å². The van der Waals surface area contributed by atoms with E-state index in [-0.39, 0.29) is 0 Å². The third kappa shape index (κ3) is 2.76. The number of aryl methyl sites for hydroxylation is 2. The molecule has 0 aromatic heterocycles. The number of hydrogen-bond donors (Lipinski definition) is 0. The minimum Gasteiger partial charge on any atom is -0.493 e. The molecule has 0 saturated carbocycles. The van der Waals surface area contributed by atoms with Gasteiger partial charge >= 0.3 is 0 Å². The van der Waals surface area contributed by atoms with Crippen molar-refractivity contribution in [3.05, 3.63) is 29.3 Å². The quantitative estimate of drug-likeness (QED) is 0.641. The number of rotatable bonds is 4. The second-order valence-corrected chi connectivity index (χ2v) is 3.35. The number of benzene rings is 1. The van der Waals surface area contributed by atoms with Crippen molar-refractivity contribution >= 4 is 0 Å². The van der Waals surface area contributed by atoms with Crippen molar-refractivity contribution in [1.82, 2.24) is 0 Å². The summed E-state index contributed by atoms with van der Waals surface area (Å²) < 4.78 is 5.69. The van der Waals surface area contributed by atoms with Crippen LogP contribution in [-0.4, -0.2) is 6.61 Å². The highest BCUT2D eigenvalue weighted by atomic mass is 16.5. The lowest BCUT2D eigenvalue weighted by atomic mass is 10.1. The molecule has 1 rings (SSSR count). The van der Waals surface area contributed by atoms with Crippen LogP contribution in [0.5, 0.6) is 5.75 Å². The maximum atomic E-state index is 5.69. The Morgan fingerprint density at radius 2 is 1.85 bits per heavy atom. The fraction of sp³-hybridized carbons (Fsp3) is 0.500. The Morgan fingerprint density at radius 3 is 2.38 bits per heavy atom. The minimum absolute atomic E-state index is 0.822. The standard InChI is InChI=1S/C12H17O/c1-4-5-9-13-12-10(2)7-6-8-11(12)3/h7-8H,4-5,9H2,1-3H3. The van der Waals surface area contributed by atoms with E-state index in [1.807, 2.05) is 12.1 Å². The van der Waals surface area contributed by atoms with Crippen LogP contribution in [0.15, 0.2) is 12.1 Å². The van der Waals surface area contributed by atoms with Crippen LogP contribution in [0.3, 0.4) is 0 Å². The molecule has 0 spiro atoms. The van der Waals surface area contributed by atoms with Gasteiger partial charge < -0.3 is 4.74 Å². The molecular weight excluding hydrogens is 160 g/mol. The van der Waals surface area contributed by atoms with Crippen LogP contribution in [0.25, 0.3) is 0 Å². The lowest BCUT2D eigenvalue weighted by Gasteiger charge is -2.10. The first-order valence-electron chi connectivity index (χ1n) is 4.85. The fourth-order valence-corrected chi connectivity index (χ4v) is 1.28.